The number of halogens is 1. The number of carbonyl (C=O) groups excluding carboxylic acids is 2. The fourth-order valence-corrected chi connectivity index (χ4v) is 4.74. The lowest BCUT2D eigenvalue weighted by Gasteiger charge is -2.25. The van der Waals surface area contributed by atoms with Gasteiger partial charge in [-0.3, -0.25) is 9.59 Å². The number of aliphatic hydroxyl groups excluding tert-OH is 1. The van der Waals surface area contributed by atoms with Crippen LogP contribution in [0, 0.1) is 0 Å². The standard InChI is InChI=1S/C24H24BrNO7/c1-12-8-14-9-13(4-5-17(14)33-12)21(27)19-20(26(6-7-31-2)24(30)23(19)29)15-10-16(25)22(28)18(11-15)32-3/h4-5,9-12,20,27-28H,6-8H2,1-3H3/t12-,20+/m0/s1. The topological polar surface area (TPSA) is 106 Å². The van der Waals surface area contributed by atoms with E-state index in [2.05, 4.69) is 15.9 Å². The summed E-state index contributed by atoms with van der Waals surface area (Å²) in [6.07, 6.45) is 0.711. The van der Waals surface area contributed by atoms with Crippen molar-refractivity contribution in [2.24, 2.45) is 0 Å². The Balaban J connectivity index is 1.88. The van der Waals surface area contributed by atoms with Gasteiger partial charge < -0.3 is 29.3 Å². The van der Waals surface area contributed by atoms with Crippen LogP contribution in [0.1, 0.15) is 29.7 Å². The van der Waals surface area contributed by atoms with Crippen LogP contribution in [0.2, 0.25) is 0 Å². The second-order valence-corrected chi connectivity index (χ2v) is 8.85. The van der Waals surface area contributed by atoms with Crippen molar-refractivity contribution in [2.75, 3.05) is 27.4 Å². The molecule has 0 unspecified atom stereocenters. The smallest absolute Gasteiger partial charge is 0.295 e. The zero-order chi connectivity index (χ0) is 23.9. The summed E-state index contributed by atoms with van der Waals surface area (Å²) in [5.41, 5.74) is 1.80. The summed E-state index contributed by atoms with van der Waals surface area (Å²) < 4.78 is 16.4. The molecule has 1 saturated heterocycles. The summed E-state index contributed by atoms with van der Waals surface area (Å²) in [6, 6.07) is 7.45. The first-order valence-corrected chi connectivity index (χ1v) is 11.2. The van der Waals surface area contributed by atoms with Crippen molar-refractivity contribution in [2.45, 2.75) is 25.5 Å². The highest BCUT2D eigenvalue weighted by molar-refractivity contribution is 9.10. The minimum Gasteiger partial charge on any atom is -0.507 e. The Hall–Kier alpha value is -3.04. The van der Waals surface area contributed by atoms with E-state index in [0.29, 0.717) is 22.0 Å². The minimum absolute atomic E-state index is 0.0267. The number of benzene rings is 2. The first-order chi connectivity index (χ1) is 15.8. The van der Waals surface area contributed by atoms with Crippen LogP contribution in [0.3, 0.4) is 0 Å². The molecule has 33 heavy (non-hydrogen) atoms. The molecule has 0 aliphatic carbocycles. The molecule has 2 aliphatic heterocycles. The lowest BCUT2D eigenvalue weighted by molar-refractivity contribution is -0.140. The Bertz CT molecular complexity index is 1160. The number of amides is 1. The Labute approximate surface area is 199 Å². The molecular formula is C24H24BrNO7. The molecule has 0 radical (unpaired) electrons. The maximum Gasteiger partial charge on any atom is 0.295 e. The number of methoxy groups -OCH3 is 2. The molecule has 4 rings (SSSR count). The van der Waals surface area contributed by atoms with E-state index in [9.17, 15) is 19.8 Å². The Morgan fingerprint density at radius 1 is 1.24 bits per heavy atom. The van der Waals surface area contributed by atoms with E-state index < -0.39 is 17.7 Å². The highest BCUT2D eigenvalue weighted by Gasteiger charge is 2.46. The zero-order valence-corrected chi connectivity index (χ0v) is 20.0. The molecule has 2 aliphatic rings. The lowest BCUT2D eigenvalue weighted by Crippen LogP contribution is -2.32. The number of phenols is 1. The molecule has 0 spiro atoms. The van der Waals surface area contributed by atoms with Crippen molar-refractivity contribution < 1.29 is 34.0 Å². The van der Waals surface area contributed by atoms with Crippen LogP contribution in [0.25, 0.3) is 5.76 Å². The van der Waals surface area contributed by atoms with Crippen molar-refractivity contribution >= 4 is 33.4 Å². The number of hydrogen-bond donors (Lipinski definition) is 2. The molecule has 0 aromatic heterocycles. The third-order valence-corrected chi connectivity index (χ3v) is 6.44. The molecule has 0 saturated carbocycles. The van der Waals surface area contributed by atoms with Gasteiger partial charge in [0.1, 0.15) is 17.6 Å². The molecule has 2 aromatic rings. The van der Waals surface area contributed by atoms with Gasteiger partial charge in [0.25, 0.3) is 11.7 Å². The maximum atomic E-state index is 13.1. The van der Waals surface area contributed by atoms with E-state index in [-0.39, 0.29) is 42.1 Å². The van der Waals surface area contributed by atoms with Gasteiger partial charge in [-0.2, -0.15) is 0 Å². The third kappa shape index (κ3) is 4.06. The summed E-state index contributed by atoms with van der Waals surface area (Å²) in [6.45, 7) is 2.30. The summed E-state index contributed by atoms with van der Waals surface area (Å²) in [7, 11) is 2.90. The van der Waals surface area contributed by atoms with Crippen LogP contribution in [-0.2, 0) is 20.7 Å². The van der Waals surface area contributed by atoms with E-state index in [1.165, 1.54) is 19.1 Å². The fourth-order valence-electron chi connectivity index (χ4n) is 4.28. The van der Waals surface area contributed by atoms with Gasteiger partial charge >= 0.3 is 0 Å². The van der Waals surface area contributed by atoms with Crippen LogP contribution in [0.5, 0.6) is 17.2 Å². The quantitative estimate of drug-likeness (QED) is 0.342. The first kappa shape index (κ1) is 23.1. The Kier molecular flexibility index (Phi) is 6.36. The number of ketones is 1. The molecule has 2 N–H and O–H groups in total. The number of phenolic OH excluding ortho intramolecular Hbond substituents is 1. The Morgan fingerprint density at radius 2 is 2.00 bits per heavy atom. The number of ether oxygens (including phenoxy) is 3. The second kappa shape index (κ2) is 9.07. The van der Waals surface area contributed by atoms with Crippen molar-refractivity contribution in [3.63, 3.8) is 0 Å². The van der Waals surface area contributed by atoms with Gasteiger partial charge in [0.2, 0.25) is 0 Å². The summed E-state index contributed by atoms with van der Waals surface area (Å²) >= 11 is 3.29. The van der Waals surface area contributed by atoms with Gasteiger partial charge in [-0.05, 0) is 64.3 Å². The van der Waals surface area contributed by atoms with Crippen molar-refractivity contribution in [1.82, 2.24) is 4.90 Å². The van der Waals surface area contributed by atoms with Gasteiger partial charge in [-0.25, -0.2) is 0 Å². The number of aliphatic hydroxyl groups is 1. The molecule has 2 atom stereocenters. The molecule has 2 aromatic carbocycles. The van der Waals surface area contributed by atoms with Crippen LogP contribution < -0.4 is 9.47 Å². The van der Waals surface area contributed by atoms with E-state index in [0.717, 1.165) is 11.3 Å². The van der Waals surface area contributed by atoms with Gasteiger partial charge in [0.05, 0.1) is 29.8 Å². The number of likely N-dealkylation sites (tertiary alicyclic amines) is 1. The number of fused-ring (bicyclic) bond motifs is 1. The van der Waals surface area contributed by atoms with Crippen LogP contribution >= 0.6 is 15.9 Å². The van der Waals surface area contributed by atoms with Crippen molar-refractivity contribution in [1.29, 1.82) is 0 Å². The Morgan fingerprint density at radius 3 is 2.70 bits per heavy atom. The molecule has 2 heterocycles. The van der Waals surface area contributed by atoms with Gasteiger partial charge in [-0.15, -0.1) is 0 Å². The number of carbonyl (C=O) groups is 2. The molecular weight excluding hydrogens is 494 g/mol. The van der Waals surface area contributed by atoms with Crippen molar-refractivity contribution in [3.05, 3.63) is 57.1 Å². The van der Waals surface area contributed by atoms with E-state index in [1.54, 1.807) is 30.3 Å². The molecule has 8 nitrogen and oxygen atoms in total. The number of aromatic hydroxyl groups is 1. The summed E-state index contributed by atoms with van der Waals surface area (Å²) in [4.78, 5) is 27.4. The van der Waals surface area contributed by atoms with Gasteiger partial charge in [-0.1, -0.05) is 0 Å². The van der Waals surface area contributed by atoms with Crippen LogP contribution in [0.15, 0.2) is 40.4 Å². The highest BCUT2D eigenvalue weighted by Crippen LogP contribution is 2.44. The fraction of sp³-hybridized carbons (Fsp3) is 0.333. The van der Waals surface area contributed by atoms with Gasteiger partial charge in [0, 0.05) is 25.6 Å². The predicted molar refractivity (Wildman–Crippen MR) is 123 cm³/mol. The number of hydrogen-bond acceptors (Lipinski definition) is 7. The normalized spacial score (nSPS) is 21.3. The van der Waals surface area contributed by atoms with E-state index in [4.69, 9.17) is 14.2 Å². The highest BCUT2D eigenvalue weighted by atomic mass is 79.9. The van der Waals surface area contributed by atoms with E-state index in [1.807, 2.05) is 6.92 Å². The average molecular weight is 518 g/mol. The van der Waals surface area contributed by atoms with Crippen LogP contribution in [0.4, 0.5) is 0 Å². The first-order valence-electron chi connectivity index (χ1n) is 10.4. The predicted octanol–water partition coefficient (Wildman–Crippen LogP) is 3.55. The molecule has 1 amide bonds. The third-order valence-electron chi connectivity index (χ3n) is 5.83. The lowest BCUT2D eigenvalue weighted by atomic mass is 9.94. The zero-order valence-electron chi connectivity index (χ0n) is 18.4. The molecule has 174 valence electrons. The van der Waals surface area contributed by atoms with Crippen LogP contribution in [-0.4, -0.2) is 60.3 Å². The summed E-state index contributed by atoms with van der Waals surface area (Å²) in [5.74, 6) is -1.00. The van der Waals surface area contributed by atoms with Gasteiger partial charge in [0.15, 0.2) is 11.5 Å². The average Bonchev–Trinajstić information content (AvgIpc) is 3.29. The van der Waals surface area contributed by atoms with Crippen molar-refractivity contribution in [3.8, 4) is 17.2 Å². The maximum absolute atomic E-state index is 13.1. The number of nitrogens with zero attached hydrogens (tertiary/aromatic N) is 1. The van der Waals surface area contributed by atoms with E-state index >= 15 is 0 Å². The number of rotatable bonds is 6. The largest absolute Gasteiger partial charge is 0.507 e. The SMILES string of the molecule is COCCN1C(=O)C(=O)C(=C(O)c2ccc3c(c2)C[C@H](C)O3)[C@H]1c1cc(Br)c(O)c(OC)c1. The molecule has 9 heteroatoms. The second-order valence-electron chi connectivity index (χ2n) is 7.99. The number of Topliss-reactive ketones (excluding diaryl/α,β-unsaturated/α-hetero) is 1. The summed E-state index contributed by atoms with van der Waals surface area (Å²) in [5, 5.41) is 21.5. The molecule has 1 fully saturated rings. The molecule has 0 bridgehead atoms. The minimum atomic E-state index is -0.894. The monoisotopic (exact) mass is 517 g/mol.